The summed E-state index contributed by atoms with van der Waals surface area (Å²) in [5.41, 5.74) is 5.80. The van der Waals surface area contributed by atoms with Crippen molar-refractivity contribution in [2.75, 3.05) is 17.6 Å². The minimum Gasteiger partial charge on any atom is -0.397 e. The number of rotatable bonds is 4. The van der Waals surface area contributed by atoms with Crippen LogP contribution in [0.1, 0.15) is 49.3 Å². The molecule has 0 saturated heterocycles. The molecule has 11 heteroatoms. The van der Waals surface area contributed by atoms with Crippen molar-refractivity contribution in [3.63, 3.8) is 0 Å². The zero-order valence-corrected chi connectivity index (χ0v) is 20.9. The van der Waals surface area contributed by atoms with Crippen LogP contribution in [0.5, 0.6) is 0 Å². The summed E-state index contributed by atoms with van der Waals surface area (Å²) in [4.78, 5) is 43.7. The Morgan fingerprint density at radius 3 is 2.42 bits per heavy atom. The second kappa shape index (κ2) is 9.56. The fourth-order valence-corrected chi connectivity index (χ4v) is 5.61. The predicted octanol–water partition coefficient (Wildman–Crippen LogP) is 5.29. The standard InChI is InChI=1S/C27H21F3N4O3S/c1-14(35)34-12-11-19-17(13-34)21(27(28,29)30)20-22(31)24(38-26(20)33-19)25(37)32-18-10-6-5-9-16(18)23(36)15-7-3-2-4-8-15/h2-10H,11-13,31H2,1H3,(H,32,37). The lowest BCUT2D eigenvalue weighted by Crippen LogP contribution is -2.36. The van der Waals surface area contributed by atoms with E-state index in [1.54, 1.807) is 48.5 Å². The van der Waals surface area contributed by atoms with E-state index in [1.807, 2.05) is 0 Å². The summed E-state index contributed by atoms with van der Waals surface area (Å²) in [6.07, 6.45) is -4.63. The number of carbonyl (C=O) groups is 3. The Labute approximate surface area is 219 Å². The van der Waals surface area contributed by atoms with Gasteiger partial charge in [-0.25, -0.2) is 4.98 Å². The molecule has 194 valence electrons. The molecule has 3 N–H and O–H groups in total. The number of nitrogens with zero attached hydrogens (tertiary/aromatic N) is 2. The summed E-state index contributed by atoms with van der Waals surface area (Å²) in [5.74, 6) is -1.42. The molecular weight excluding hydrogens is 517 g/mol. The molecule has 1 aliphatic rings. The number of carbonyl (C=O) groups excluding carboxylic acids is 3. The van der Waals surface area contributed by atoms with Gasteiger partial charge in [0.2, 0.25) is 5.91 Å². The Kier molecular flexibility index (Phi) is 6.39. The van der Waals surface area contributed by atoms with Gasteiger partial charge in [-0.1, -0.05) is 42.5 Å². The van der Waals surface area contributed by atoms with E-state index in [-0.39, 0.29) is 74.5 Å². The van der Waals surface area contributed by atoms with E-state index in [2.05, 4.69) is 10.3 Å². The summed E-state index contributed by atoms with van der Waals surface area (Å²) >= 11 is 0.758. The van der Waals surface area contributed by atoms with Gasteiger partial charge in [0.25, 0.3) is 5.91 Å². The molecule has 3 heterocycles. The number of anilines is 2. The Balaban J connectivity index is 1.57. The summed E-state index contributed by atoms with van der Waals surface area (Å²) in [6.45, 7) is 1.30. The van der Waals surface area contributed by atoms with Gasteiger partial charge in [0.15, 0.2) is 5.78 Å². The van der Waals surface area contributed by atoms with Crippen LogP contribution >= 0.6 is 11.3 Å². The van der Waals surface area contributed by atoms with Gasteiger partial charge in [-0.3, -0.25) is 14.4 Å². The summed E-state index contributed by atoms with van der Waals surface area (Å²) < 4.78 is 43.1. The number of nitrogen functional groups attached to an aromatic ring is 1. The number of para-hydroxylation sites is 1. The molecule has 7 nitrogen and oxygen atoms in total. The second-order valence-electron chi connectivity index (χ2n) is 8.82. The van der Waals surface area contributed by atoms with E-state index in [0.717, 1.165) is 11.3 Å². The Morgan fingerprint density at radius 2 is 1.74 bits per heavy atom. The monoisotopic (exact) mass is 538 g/mol. The van der Waals surface area contributed by atoms with E-state index in [9.17, 15) is 27.6 Å². The molecule has 0 spiro atoms. The minimum atomic E-state index is -4.79. The molecule has 0 radical (unpaired) electrons. The zero-order valence-electron chi connectivity index (χ0n) is 20.1. The number of thiophene rings is 1. The number of hydrogen-bond donors (Lipinski definition) is 2. The molecule has 4 aromatic rings. The molecule has 0 aliphatic carbocycles. The van der Waals surface area contributed by atoms with Crippen molar-refractivity contribution in [1.29, 1.82) is 0 Å². The van der Waals surface area contributed by atoms with Crippen molar-refractivity contribution in [3.05, 3.63) is 87.4 Å². The molecule has 2 amide bonds. The third kappa shape index (κ3) is 4.49. The number of amides is 2. The Hall–Kier alpha value is -4.25. The van der Waals surface area contributed by atoms with E-state index in [1.165, 1.54) is 17.9 Å². The van der Waals surface area contributed by atoms with E-state index in [4.69, 9.17) is 5.73 Å². The van der Waals surface area contributed by atoms with Crippen LogP contribution in [0.2, 0.25) is 0 Å². The van der Waals surface area contributed by atoms with Crippen molar-refractivity contribution in [2.24, 2.45) is 0 Å². The fraction of sp³-hybridized carbons (Fsp3) is 0.185. The largest absolute Gasteiger partial charge is 0.417 e. The van der Waals surface area contributed by atoms with Crippen LogP contribution in [0.15, 0.2) is 54.6 Å². The van der Waals surface area contributed by atoms with Crippen LogP contribution in [-0.2, 0) is 23.9 Å². The highest BCUT2D eigenvalue weighted by molar-refractivity contribution is 7.21. The number of nitrogens with one attached hydrogen (secondary N) is 1. The van der Waals surface area contributed by atoms with E-state index >= 15 is 0 Å². The van der Waals surface area contributed by atoms with Gasteiger partial charge < -0.3 is 16.0 Å². The molecule has 0 fully saturated rings. The first-order chi connectivity index (χ1) is 18.1. The van der Waals surface area contributed by atoms with Crippen LogP contribution in [0.4, 0.5) is 24.5 Å². The second-order valence-corrected chi connectivity index (χ2v) is 9.82. The molecule has 2 aromatic carbocycles. The van der Waals surface area contributed by atoms with Gasteiger partial charge in [0, 0.05) is 54.2 Å². The SMILES string of the molecule is CC(=O)N1CCc2nc3sc(C(=O)Nc4ccccc4C(=O)c4ccccc4)c(N)c3c(C(F)(F)F)c2C1. The van der Waals surface area contributed by atoms with Gasteiger partial charge in [0.1, 0.15) is 9.71 Å². The molecule has 38 heavy (non-hydrogen) atoms. The molecule has 0 unspecified atom stereocenters. The van der Waals surface area contributed by atoms with Crippen LogP contribution < -0.4 is 11.1 Å². The molecule has 0 bridgehead atoms. The lowest BCUT2D eigenvalue weighted by atomic mass is 9.96. The first-order valence-electron chi connectivity index (χ1n) is 11.6. The molecule has 2 aromatic heterocycles. The number of nitrogens with two attached hydrogens (primary N) is 1. The Bertz CT molecular complexity index is 1600. The zero-order chi connectivity index (χ0) is 27.2. The third-order valence-corrected chi connectivity index (χ3v) is 7.52. The molecule has 0 atom stereocenters. The van der Waals surface area contributed by atoms with Crippen LogP contribution in [0, 0.1) is 0 Å². The summed E-state index contributed by atoms with van der Waals surface area (Å²) in [6, 6.07) is 14.8. The maximum absolute atomic E-state index is 14.4. The number of aromatic nitrogens is 1. The highest BCUT2D eigenvalue weighted by Crippen LogP contribution is 2.45. The fourth-order valence-electron chi connectivity index (χ4n) is 4.59. The number of benzene rings is 2. The van der Waals surface area contributed by atoms with Gasteiger partial charge in [0.05, 0.1) is 16.9 Å². The lowest BCUT2D eigenvalue weighted by Gasteiger charge is -2.29. The first kappa shape index (κ1) is 25.4. The third-order valence-electron chi connectivity index (χ3n) is 6.42. The smallest absolute Gasteiger partial charge is 0.397 e. The van der Waals surface area contributed by atoms with Crippen molar-refractivity contribution in [2.45, 2.75) is 26.1 Å². The maximum Gasteiger partial charge on any atom is 0.417 e. The first-order valence-corrected chi connectivity index (χ1v) is 12.4. The van der Waals surface area contributed by atoms with E-state index < -0.39 is 17.6 Å². The lowest BCUT2D eigenvalue weighted by molar-refractivity contribution is -0.138. The Morgan fingerprint density at radius 1 is 1.05 bits per heavy atom. The van der Waals surface area contributed by atoms with Crippen LogP contribution in [-0.4, -0.2) is 34.0 Å². The summed E-state index contributed by atoms with van der Waals surface area (Å²) in [5, 5.41) is 2.28. The molecule has 5 rings (SSSR count). The average molecular weight is 539 g/mol. The summed E-state index contributed by atoms with van der Waals surface area (Å²) in [7, 11) is 0. The van der Waals surface area contributed by atoms with Crippen LogP contribution in [0.3, 0.4) is 0 Å². The van der Waals surface area contributed by atoms with Crippen molar-refractivity contribution < 1.29 is 27.6 Å². The van der Waals surface area contributed by atoms with Crippen molar-refractivity contribution in [3.8, 4) is 0 Å². The normalized spacial score (nSPS) is 13.3. The van der Waals surface area contributed by atoms with Gasteiger partial charge in [-0.15, -0.1) is 11.3 Å². The number of pyridine rings is 1. The van der Waals surface area contributed by atoms with Gasteiger partial charge in [-0.05, 0) is 12.1 Å². The van der Waals surface area contributed by atoms with Crippen molar-refractivity contribution >= 4 is 50.5 Å². The molecule has 0 saturated carbocycles. The minimum absolute atomic E-state index is 0.0105. The molecular formula is C27H21F3N4O3S. The predicted molar refractivity (Wildman–Crippen MR) is 138 cm³/mol. The number of alkyl halides is 3. The van der Waals surface area contributed by atoms with E-state index in [0.29, 0.717) is 5.56 Å². The maximum atomic E-state index is 14.4. The van der Waals surface area contributed by atoms with Crippen LogP contribution in [0.25, 0.3) is 10.2 Å². The highest BCUT2D eigenvalue weighted by atomic mass is 32.1. The average Bonchev–Trinajstić information content (AvgIpc) is 3.22. The number of ketones is 1. The molecule has 1 aliphatic heterocycles. The van der Waals surface area contributed by atoms with Gasteiger partial charge >= 0.3 is 6.18 Å². The number of fused-ring (bicyclic) bond motifs is 2. The number of halogens is 3. The topological polar surface area (TPSA) is 105 Å². The number of hydrogen-bond acceptors (Lipinski definition) is 6. The quantitative estimate of drug-likeness (QED) is 0.344. The van der Waals surface area contributed by atoms with Gasteiger partial charge in [-0.2, -0.15) is 13.2 Å². The highest BCUT2D eigenvalue weighted by Gasteiger charge is 2.41. The van der Waals surface area contributed by atoms with Crippen molar-refractivity contribution in [1.82, 2.24) is 9.88 Å².